The van der Waals surface area contributed by atoms with Gasteiger partial charge in [0.15, 0.2) is 0 Å². The molecule has 6 nitrogen and oxygen atoms in total. The van der Waals surface area contributed by atoms with Crippen LogP contribution in [0.25, 0.3) is 5.69 Å². The summed E-state index contributed by atoms with van der Waals surface area (Å²) in [6, 6.07) is 11.2. The standard InChI is InChI=1S/C17H19N5O/c1-12(10-14-11-13(2)20-21-14)19-17(23)15-6-3-4-7-16(15)22-9-5-8-18-22/h3-9,11-12H,10H2,1-2H3,(H,19,23)(H,20,21)/t12-/m0/s1. The van der Waals surface area contributed by atoms with E-state index in [0.717, 1.165) is 17.1 Å². The van der Waals surface area contributed by atoms with Crippen LogP contribution >= 0.6 is 0 Å². The fraction of sp³-hybridized carbons (Fsp3) is 0.235. The van der Waals surface area contributed by atoms with Crippen LogP contribution in [-0.2, 0) is 6.42 Å². The first-order valence-corrected chi connectivity index (χ1v) is 7.54. The lowest BCUT2D eigenvalue weighted by atomic mass is 10.1. The Hall–Kier alpha value is -2.89. The van der Waals surface area contributed by atoms with Crippen molar-refractivity contribution in [1.82, 2.24) is 25.3 Å². The number of hydrogen-bond donors (Lipinski definition) is 2. The molecule has 0 aliphatic carbocycles. The number of aromatic nitrogens is 4. The number of carbonyl (C=O) groups excluding carboxylic acids is 1. The van der Waals surface area contributed by atoms with Crippen LogP contribution in [0.15, 0.2) is 48.8 Å². The molecule has 0 spiro atoms. The van der Waals surface area contributed by atoms with E-state index in [9.17, 15) is 4.79 Å². The predicted octanol–water partition coefficient (Wildman–Crippen LogP) is 2.26. The Morgan fingerprint density at radius 1 is 1.35 bits per heavy atom. The first-order valence-electron chi connectivity index (χ1n) is 7.54. The number of hydrogen-bond acceptors (Lipinski definition) is 3. The molecule has 2 N–H and O–H groups in total. The molecule has 1 amide bonds. The van der Waals surface area contributed by atoms with Crippen LogP contribution in [0, 0.1) is 6.92 Å². The van der Waals surface area contributed by atoms with Crippen molar-refractivity contribution in [3.8, 4) is 5.69 Å². The van der Waals surface area contributed by atoms with Gasteiger partial charge in [-0.3, -0.25) is 9.89 Å². The Morgan fingerprint density at radius 2 is 2.17 bits per heavy atom. The van der Waals surface area contributed by atoms with E-state index in [-0.39, 0.29) is 11.9 Å². The minimum absolute atomic E-state index is 0.0177. The van der Waals surface area contributed by atoms with Gasteiger partial charge < -0.3 is 5.32 Å². The molecular formula is C17H19N5O. The van der Waals surface area contributed by atoms with Crippen molar-refractivity contribution in [2.75, 3.05) is 0 Å². The topological polar surface area (TPSA) is 75.6 Å². The molecule has 0 aliphatic heterocycles. The van der Waals surface area contributed by atoms with Gasteiger partial charge in [-0.1, -0.05) is 12.1 Å². The Kier molecular flexibility index (Phi) is 4.23. The van der Waals surface area contributed by atoms with Crippen LogP contribution in [-0.4, -0.2) is 31.9 Å². The second-order valence-electron chi connectivity index (χ2n) is 5.59. The molecule has 0 fully saturated rings. The Bertz CT molecular complexity index is 791. The zero-order valence-corrected chi connectivity index (χ0v) is 13.2. The second kappa shape index (κ2) is 6.48. The summed E-state index contributed by atoms with van der Waals surface area (Å²) in [6.45, 7) is 3.93. The van der Waals surface area contributed by atoms with Crippen LogP contribution in [0.3, 0.4) is 0 Å². The maximum atomic E-state index is 12.6. The number of carbonyl (C=O) groups is 1. The number of aromatic amines is 1. The summed E-state index contributed by atoms with van der Waals surface area (Å²) in [4.78, 5) is 12.6. The zero-order chi connectivity index (χ0) is 16.2. The third kappa shape index (κ3) is 3.48. The highest BCUT2D eigenvalue weighted by Gasteiger charge is 2.15. The molecule has 3 aromatic rings. The van der Waals surface area contributed by atoms with Crippen LogP contribution in [0.5, 0.6) is 0 Å². The molecule has 0 radical (unpaired) electrons. The lowest BCUT2D eigenvalue weighted by molar-refractivity contribution is 0.0940. The van der Waals surface area contributed by atoms with Gasteiger partial charge in [-0.2, -0.15) is 10.2 Å². The van der Waals surface area contributed by atoms with Crippen LogP contribution in [0.2, 0.25) is 0 Å². The number of nitrogens with zero attached hydrogens (tertiary/aromatic N) is 3. The summed E-state index contributed by atoms with van der Waals surface area (Å²) >= 11 is 0. The van der Waals surface area contributed by atoms with Crippen molar-refractivity contribution < 1.29 is 4.79 Å². The number of benzene rings is 1. The van der Waals surface area contributed by atoms with Gasteiger partial charge in [0.1, 0.15) is 0 Å². The second-order valence-corrected chi connectivity index (χ2v) is 5.59. The Morgan fingerprint density at radius 3 is 2.87 bits per heavy atom. The first-order chi connectivity index (χ1) is 11.1. The fourth-order valence-corrected chi connectivity index (χ4v) is 2.52. The van der Waals surface area contributed by atoms with Gasteiger partial charge in [-0.25, -0.2) is 4.68 Å². The van der Waals surface area contributed by atoms with Crippen LogP contribution in [0.1, 0.15) is 28.7 Å². The molecule has 1 aromatic carbocycles. The van der Waals surface area contributed by atoms with Gasteiger partial charge in [-0.15, -0.1) is 0 Å². The summed E-state index contributed by atoms with van der Waals surface area (Å²) in [7, 11) is 0. The molecule has 1 atom stereocenters. The minimum Gasteiger partial charge on any atom is -0.349 e. The molecule has 23 heavy (non-hydrogen) atoms. The van der Waals surface area contributed by atoms with Gasteiger partial charge in [0.05, 0.1) is 16.9 Å². The molecule has 0 aliphatic rings. The lowest BCUT2D eigenvalue weighted by Gasteiger charge is -2.14. The van der Waals surface area contributed by atoms with Gasteiger partial charge in [0.25, 0.3) is 5.91 Å². The smallest absolute Gasteiger partial charge is 0.253 e. The molecule has 2 aromatic heterocycles. The third-order valence-corrected chi connectivity index (χ3v) is 3.55. The summed E-state index contributed by atoms with van der Waals surface area (Å²) in [5.41, 5.74) is 3.32. The van der Waals surface area contributed by atoms with E-state index in [4.69, 9.17) is 0 Å². The minimum atomic E-state index is -0.115. The predicted molar refractivity (Wildman–Crippen MR) is 87.5 cm³/mol. The molecule has 118 valence electrons. The molecule has 6 heteroatoms. The maximum Gasteiger partial charge on any atom is 0.253 e. The number of rotatable bonds is 5. The summed E-state index contributed by atoms with van der Waals surface area (Å²) < 4.78 is 1.69. The van der Waals surface area contributed by atoms with Crippen molar-refractivity contribution >= 4 is 5.91 Å². The van der Waals surface area contributed by atoms with Crippen molar-refractivity contribution in [1.29, 1.82) is 0 Å². The maximum absolute atomic E-state index is 12.6. The van der Waals surface area contributed by atoms with E-state index < -0.39 is 0 Å². The van der Waals surface area contributed by atoms with Gasteiger partial charge in [0, 0.05) is 30.6 Å². The quantitative estimate of drug-likeness (QED) is 0.759. The van der Waals surface area contributed by atoms with Crippen LogP contribution in [0.4, 0.5) is 0 Å². The van der Waals surface area contributed by atoms with Crippen molar-refractivity contribution in [2.45, 2.75) is 26.3 Å². The van der Waals surface area contributed by atoms with E-state index in [1.807, 2.05) is 50.4 Å². The number of aryl methyl sites for hydroxylation is 1. The highest BCUT2D eigenvalue weighted by Crippen LogP contribution is 2.14. The summed E-state index contributed by atoms with van der Waals surface area (Å²) in [5, 5.41) is 14.3. The Labute approximate surface area is 134 Å². The molecular weight excluding hydrogens is 290 g/mol. The zero-order valence-electron chi connectivity index (χ0n) is 13.2. The highest BCUT2D eigenvalue weighted by molar-refractivity contribution is 5.97. The fourth-order valence-electron chi connectivity index (χ4n) is 2.52. The molecule has 0 saturated carbocycles. The summed E-state index contributed by atoms with van der Waals surface area (Å²) in [6.07, 6.45) is 4.19. The van der Waals surface area contributed by atoms with Gasteiger partial charge in [-0.05, 0) is 38.1 Å². The average Bonchev–Trinajstić information content (AvgIpc) is 3.19. The highest BCUT2D eigenvalue weighted by atomic mass is 16.1. The molecule has 0 saturated heterocycles. The number of para-hydroxylation sites is 1. The monoisotopic (exact) mass is 309 g/mol. The Balaban J connectivity index is 1.73. The SMILES string of the molecule is Cc1cc(C[C@H](C)NC(=O)c2ccccc2-n2cccn2)n[nH]1. The third-order valence-electron chi connectivity index (χ3n) is 3.55. The summed E-state index contributed by atoms with van der Waals surface area (Å²) in [5.74, 6) is -0.115. The van der Waals surface area contributed by atoms with Crippen molar-refractivity contribution in [3.05, 3.63) is 65.7 Å². The first kappa shape index (κ1) is 15.0. The normalized spacial score (nSPS) is 12.1. The van der Waals surface area contributed by atoms with E-state index >= 15 is 0 Å². The lowest BCUT2D eigenvalue weighted by Crippen LogP contribution is -2.34. The molecule has 0 bridgehead atoms. The van der Waals surface area contributed by atoms with E-state index in [2.05, 4.69) is 20.6 Å². The van der Waals surface area contributed by atoms with Gasteiger partial charge >= 0.3 is 0 Å². The molecule has 3 rings (SSSR count). The largest absolute Gasteiger partial charge is 0.349 e. The molecule has 0 unspecified atom stereocenters. The molecule has 2 heterocycles. The van der Waals surface area contributed by atoms with Crippen molar-refractivity contribution in [3.63, 3.8) is 0 Å². The number of nitrogens with one attached hydrogen (secondary N) is 2. The number of H-pyrrole nitrogens is 1. The van der Waals surface area contributed by atoms with E-state index in [1.54, 1.807) is 16.9 Å². The number of amides is 1. The van der Waals surface area contributed by atoms with Gasteiger partial charge in [0.2, 0.25) is 0 Å². The average molecular weight is 309 g/mol. The van der Waals surface area contributed by atoms with E-state index in [0.29, 0.717) is 12.0 Å². The van der Waals surface area contributed by atoms with Crippen molar-refractivity contribution in [2.24, 2.45) is 0 Å². The van der Waals surface area contributed by atoms with Crippen LogP contribution < -0.4 is 5.32 Å². The van der Waals surface area contributed by atoms with E-state index in [1.165, 1.54) is 0 Å².